The van der Waals surface area contributed by atoms with Crippen molar-refractivity contribution in [1.29, 1.82) is 0 Å². The minimum Gasteiger partial charge on any atom is -0.496 e. The highest BCUT2D eigenvalue weighted by Gasteiger charge is 2.09. The maximum atomic E-state index is 11.8. The second-order valence-electron chi connectivity index (χ2n) is 4.57. The summed E-state index contributed by atoms with van der Waals surface area (Å²) >= 11 is 0. The van der Waals surface area contributed by atoms with E-state index in [4.69, 9.17) is 4.74 Å². The predicted molar refractivity (Wildman–Crippen MR) is 77.8 cm³/mol. The fraction of sp³-hybridized carbons (Fsp3) is 0.200. The SMILES string of the molecule is COc1cc(CC(=O)NNC(=O)c2ccc[nH]2)ccc1C. The molecule has 1 aromatic heterocycles. The zero-order valence-corrected chi connectivity index (χ0v) is 11.9. The van der Waals surface area contributed by atoms with Gasteiger partial charge in [-0.05, 0) is 36.2 Å². The van der Waals surface area contributed by atoms with Crippen LogP contribution >= 0.6 is 0 Å². The maximum absolute atomic E-state index is 11.8. The highest BCUT2D eigenvalue weighted by atomic mass is 16.5. The molecule has 0 unspecified atom stereocenters. The van der Waals surface area contributed by atoms with E-state index >= 15 is 0 Å². The first-order valence-corrected chi connectivity index (χ1v) is 6.46. The number of carbonyl (C=O) groups is 2. The van der Waals surface area contributed by atoms with Crippen LogP contribution in [0.5, 0.6) is 5.75 Å². The molecule has 1 heterocycles. The Bertz CT molecular complexity index is 636. The standard InChI is InChI=1S/C15H17N3O3/c1-10-5-6-11(8-13(10)21-2)9-14(19)17-18-15(20)12-4-3-7-16-12/h3-8,16H,9H2,1-2H3,(H,17,19)(H,18,20). The lowest BCUT2D eigenvalue weighted by Gasteiger charge is -2.09. The van der Waals surface area contributed by atoms with Crippen LogP contribution in [0.25, 0.3) is 0 Å². The van der Waals surface area contributed by atoms with Gasteiger partial charge in [0.25, 0.3) is 5.91 Å². The monoisotopic (exact) mass is 287 g/mol. The Morgan fingerprint density at radius 2 is 2.05 bits per heavy atom. The molecule has 0 spiro atoms. The average Bonchev–Trinajstić information content (AvgIpc) is 3.01. The summed E-state index contributed by atoms with van der Waals surface area (Å²) in [6, 6.07) is 8.87. The summed E-state index contributed by atoms with van der Waals surface area (Å²) in [5, 5.41) is 0. The molecule has 0 radical (unpaired) electrons. The van der Waals surface area contributed by atoms with E-state index in [1.807, 2.05) is 25.1 Å². The number of amides is 2. The molecule has 2 rings (SSSR count). The Labute approximate surface area is 122 Å². The van der Waals surface area contributed by atoms with E-state index in [1.54, 1.807) is 25.4 Å². The molecular formula is C15H17N3O3. The van der Waals surface area contributed by atoms with E-state index in [1.165, 1.54) is 0 Å². The molecule has 1 aromatic carbocycles. The number of carbonyl (C=O) groups excluding carboxylic acids is 2. The molecule has 2 amide bonds. The Kier molecular flexibility index (Phi) is 4.61. The van der Waals surface area contributed by atoms with Gasteiger partial charge in [0.15, 0.2) is 0 Å². The number of ether oxygens (including phenoxy) is 1. The molecule has 3 N–H and O–H groups in total. The number of hydrogen-bond donors (Lipinski definition) is 3. The second kappa shape index (κ2) is 6.60. The van der Waals surface area contributed by atoms with E-state index in [9.17, 15) is 9.59 Å². The minimum atomic E-state index is -0.394. The summed E-state index contributed by atoms with van der Waals surface area (Å²) in [5.74, 6) is 0.0337. The molecule has 110 valence electrons. The van der Waals surface area contributed by atoms with Gasteiger partial charge in [-0.3, -0.25) is 20.4 Å². The van der Waals surface area contributed by atoms with Crippen molar-refractivity contribution in [2.45, 2.75) is 13.3 Å². The minimum absolute atomic E-state index is 0.154. The van der Waals surface area contributed by atoms with Gasteiger partial charge in [0.2, 0.25) is 5.91 Å². The fourth-order valence-corrected chi connectivity index (χ4v) is 1.87. The van der Waals surface area contributed by atoms with Crippen LogP contribution in [-0.2, 0) is 11.2 Å². The largest absolute Gasteiger partial charge is 0.496 e. The lowest BCUT2D eigenvalue weighted by Crippen LogP contribution is -2.42. The van der Waals surface area contributed by atoms with Crippen molar-refractivity contribution in [2.24, 2.45) is 0 Å². The Hall–Kier alpha value is -2.76. The number of hydrogen-bond acceptors (Lipinski definition) is 3. The molecule has 0 aliphatic rings. The van der Waals surface area contributed by atoms with E-state index in [0.29, 0.717) is 5.69 Å². The number of hydrazine groups is 1. The van der Waals surface area contributed by atoms with Crippen LogP contribution in [0.15, 0.2) is 36.5 Å². The van der Waals surface area contributed by atoms with Gasteiger partial charge in [0, 0.05) is 6.20 Å². The summed E-state index contributed by atoms with van der Waals surface area (Å²) in [7, 11) is 1.59. The van der Waals surface area contributed by atoms with Crippen LogP contribution in [0.4, 0.5) is 0 Å². The molecule has 0 saturated carbocycles. The number of rotatable bonds is 4. The van der Waals surface area contributed by atoms with E-state index < -0.39 is 5.91 Å². The Morgan fingerprint density at radius 3 is 2.71 bits per heavy atom. The van der Waals surface area contributed by atoms with Crippen molar-refractivity contribution in [3.63, 3.8) is 0 Å². The lowest BCUT2D eigenvalue weighted by atomic mass is 10.1. The molecule has 0 atom stereocenters. The van der Waals surface area contributed by atoms with E-state index in [0.717, 1.165) is 16.9 Å². The number of nitrogens with one attached hydrogen (secondary N) is 3. The van der Waals surface area contributed by atoms with Gasteiger partial charge >= 0.3 is 0 Å². The Morgan fingerprint density at radius 1 is 1.24 bits per heavy atom. The van der Waals surface area contributed by atoms with Gasteiger partial charge in [0.1, 0.15) is 11.4 Å². The molecular weight excluding hydrogens is 270 g/mol. The predicted octanol–water partition coefficient (Wildman–Crippen LogP) is 1.34. The summed E-state index contributed by atoms with van der Waals surface area (Å²) < 4.78 is 5.21. The van der Waals surface area contributed by atoms with Gasteiger partial charge in [-0.25, -0.2) is 0 Å². The van der Waals surface area contributed by atoms with Crippen molar-refractivity contribution < 1.29 is 14.3 Å². The van der Waals surface area contributed by atoms with Crippen LogP contribution in [0.1, 0.15) is 21.6 Å². The molecule has 0 aliphatic carbocycles. The van der Waals surface area contributed by atoms with E-state index in [-0.39, 0.29) is 12.3 Å². The average molecular weight is 287 g/mol. The molecule has 0 aliphatic heterocycles. The second-order valence-corrected chi connectivity index (χ2v) is 4.57. The topological polar surface area (TPSA) is 83.2 Å². The molecule has 21 heavy (non-hydrogen) atoms. The van der Waals surface area contributed by atoms with Crippen molar-refractivity contribution in [2.75, 3.05) is 7.11 Å². The molecule has 0 saturated heterocycles. The first-order valence-electron chi connectivity index (χ1n) is 6.46. The summed E-state index contributed by atoms with van der Waals surface area (Å²) in [5.41, 5.74) is 6.91. The number of H-pyrrole nitrogens is 1. The van der Waals surface area contributed by atoms with Crippen LogP contribution < -0.4 is 15.6 Å². The van der Waals surface area contributed by atoms with Gasteiger partial charge in [-0.15, -0.1) is 0 Å². The van der Waals surface area contributed by atoms with Gasteiger partial charge in [-0.1, -0.05) is 12.1 Å². The van der Waals surface area contributed by atoms with Gasteiger partial charge < -0.3 is 9.72 Å². The third-order valence-corrected chi connectivity index (χ3v) is 3.00. The van der Waals surface area contributed by atoms with Crippen LogP contribution in [0, 0.1) is 6.92 Å². The van der Waals surface area contributed by atoms with Crippen molar-refractivity contribution in [1.82, 2.24) is 15.8 Å². The molecule has 6 nitrogen and oxygen atoms in total. The summed E-state index contributed by atoms with van der Waals surface area (Å²) in [6.07, 6.45) is 1.79. The summed E-state index contributed by atoms with van der Waals surface area (Å²) in [6.45, 7) is 1.93. The number of aryl methyl sites for hydroxylation is 1. The first kappa shape index (κ1) is 14.6. The Balaban J connectivity index is 1.88. The van der Waals surface area contributed by atoms with Gasteiger partial charge in [-0.2, -0.15) is 0 Å². The third kappa shape index (κ3) is 3.85. The van der Waals surface area contributed by atoms with Gasteiger partial charge in [0.05, 0.1) is 13.5 Å². The molecule has 0 fully saturated rings. The quantitative estimate of drug-likeness (QED) is 0.742. The third-order valence-electron chi connectivity index (χ3n) is 3.00. The molecule has 0 bridgehead atoms. The van der Waals surface area contributed by atoms with E-state index in [2.05, 4.69) is 15.8 Å². The lowest BCUT2D eigenvalue weighted by molar-refractivity contribution is -0.121. The number of benzene rings is 1. The first-order chi connectivity index (χ1) is 10.1. The van der Waals surface area contributed by atoms with Crippen molar-refractivity contribution in [3.05, 3.63) is 53.3 Å². The van der Waals surface area contributed by atoms with Crippen molar-refractivity contribution in [3.8, 4) is 5.75 Å². The normalized spacial score (nSPS) is 10.0. The highest BCUT2D eigenvalue weighted by Crippen LogP contribution is 2.19. The summed E-state index contributed by atoms with van der Waals surface area (Å²) in [4.78, 5) is 26.2. The zero-order valence-electron chi connectivity index (χ0n) is 11.9. The zero-order chi connectivity index (χ0) is 15.2. The highest BCUT2D eigenvalue weighted by molar-refractivity contribution is 5.93. The van der Waals surface area contributed by atoms with Crippen LogP contribution in [0.2, 0.25) is 0 Å². The smallest absolute Gasteiger partial charge is 0.286 e. The molecule has 2 aromatic rings. The number of methoxy groups -OCH3 is 1. The maximum Gasteiger partial charge on any atom is 0.286 e. The van der Waals surface area contributed by atoms with Crippen LogP contribution in [0.3, 0.4) is 0 Å². The molecule has 6 heteroatoms. The fourth-order valence-electron chi connectivity index (χ4n) is 1.87. The van der Waals surface area contributed by atoms with Crippen molar-refractivity contribution >= 4 is 11.8 Å². The number of aromatic amines is 1. The number of aromatic nitrogens is 1. The van der Waals surface area contributed by atoms with Crippen LogP contribution in [-0.4, -0.2) is 23.9 Å².